The molecule has 0 fully saturated rings. The molecule has 4 aromatic rings. The van der Waals surface area contributed by atoms with Gasteiger partial charge in [0.05, 0.1) is 18.0 Å². The van der Waals surface area contributed by atoms with E-state index in [1.54, 1.807) is 31.0 Å². The Morgan fingerprint density at radius 2 is 1.60 bits per heavy atom. The van der Waals surface area contributed by atoms with Gasteiger partial charge in [-0.05, 0) is 38.5 Å². The summed E-state index contributed by atoms with van der Waals surface area (Å²) >= 11 is 6.70. The number of aliphatic carboxylic acids is 2. The first-order chi connectivity index (χ1) is 23.1. The van der Waals surface area contributed by atoms with Crippen LogP contribution in [0.25, 0.3) is 22.2 Å². The molecule has 0 saturated carbocycles. The van der Waals surface area contributed by atoms with Crippen LogP contribution in [0, 0.1) is 6.92 Å². The minimum Gasteiger partial charge on any atom is -0.493 e. The molecule has 0 radical (unpaired) electrons. The van der Waals surface area contributed by atoms with Gasteiger partial charge in [-0.15, -0.1) is 0 Å². The van der Waals surface area contributed by atoms with Crippen LogP contribution in [0.4, 0.5) is 36.6 Å². The minimum absolute atomic E-state index is 0.164. The van der Waals surface area contributed by atoms with Crippen LogP contribution >= 0.6 is 11.6 Å². The number of nitrogens with zero attached hydrogens (tertiary/aromatic N) is 6. The van der Waals surface area contributed by atoms with Crippen molar-refractivity contribution in [2.24, 2.45) is 0 Å². The van der Waals surface area contributed by atoms with E-state index in [0.717, 1.165) is 22.3 Å². The first-order valence-corrected chi connectivity index (χ1v) is 14.2. The average molecular weight is 740 g/mol. The van der Waals surface area contributed by atoms with Crippen LogP contribution in [-0.4, -0.2) is 90.7 Å². The zero-order valence-corrected chi connectivity index (χ0v) is 27.4. The van der Waals surface area contributed by atoms with E-state index in [1.165, 1.54) is 11.2 Å². The molecule has 272 valence electrons. The van der Waals surface area contributed by atoms with Gasteiger partial charge in [0.15, 0.2) is 5.65 Å². The van der Waals surface area contributed by atoms with Crippen molar-refractivity contribution in [2.75, 3.05) is 26.4 Å². The van der Waals surface area contributed by atoms with E-state index in [9.17, 15) is 35.5 Å². The average Bonchev–Trinajstić information content (AvgIpc) is 3.42. The van der Waals surface area contributed by atoms with E-state index in [4.69, 9.17) is 41.9 Å². The van der Waals surface area contributed by atoms with E-state index >= 15 is 0 Å². The summed E-state index contributed by atoms with van der Waals surface area (Å²) in [5.41, 5.74) is 9.92. The van der Waals surface area contributed by atoms with Gasteiger partial charge in [0.1, 0.15) is 36.0 Å². The third-order valence-corrected chi connectivity index (χ3v) is 6.88. The predicted molar refractivity (Wildman–Crippen MR) is 164 cm³/mol. The van der Waals surface area contributed by atoms with Gasteiger partial charge in [-0.3, -0.25) is 9.78 Å². The summed E-state index contributed by atoms with van der Waals surface area (Å²) in [4.78, 5) is 44.2. The maximum Gasteiger partial charge on any atom is 0.490 e. The second-order valence-electron chi connectivity index (χ2n) is 10.1. The normalized spacial score (nSPS) is 11.9. The van der Waals surface area contributed by atoms with Gasteiger partial charge in [0, 0.05) is 42.0 Å². The quantitative estimate of drug-likeness (QED) is 0.192. The number of carboxylic acid groups (broad SMARTS) is 2. The van der Waals surface area contributed by atoms with E-state index < -0.39 is 37.0 Å². The molecule has 3 heterocycles. The number of alkyl halides is 7. The molecule has 0 saturated heterocycles. The molecule has 0 aliphatic carbocycles. The van der Waals surface area contributed by atoms with Crippen LogP contribution in [0.2, 0.25) is 5.02 Å². The highest BCUT2D eigenvalue weighted by Gasteiger charge is 2.39. The number of pyridine rings is 1. The summed E-state index contributed by atoms with van der Waals surface area (Å²) in [5, 5.41) is 19.6. The van der Waals surface area contributed by atoms with Gasteiger partial charge in [-0.1, -0.05) is 17.7 Å². The van der Waals surface area contributed by atoms with Gasteiger partial charge in [-0.2, -0.15) is 31.4 Å². The number of amides is 1. The smallest absolute Gasteiger partial charge is 0.490 e. The number of rotatable bonds is 7. The van der Waals surface area contributed by atoms with Crippen LogP contribution in [0.1, 0.15) is 47.2 Å². The highest BCUT2D eigenvalue weighted by Crippen LogP contribution is 2.43. The van der Waals surface area contributed by atoms with Crippen LogP contribution < -0.4 is 10.5 Å². The lowest BCUT2D eigenvalue weighted by Crippen LogP contribution is -2.22. The van der Waals surface area contributed by atoms with Crippen LogP contribution in [-0.2, 0) is 16.3 Å². The molecule has 4 N–H and O–H groups in total. The Morgan fingerprint density at radius 3 is 2.04 bits per heavy atom. The van der Waals surface area contributed by atoms with Gasteiger partial charge < -0.3 is 25.6 Å². The van der Waals surface area contributed by atoms with Crippen molar-refractivity contribution < 1.29 is 60.1 Å². The van der Waals surface area contributed by atoms with Crippen molar-refractivity contribution in [1.82, 2.24) is 29.6 Å². The Labute approximate surface area is 283 Å². The number of nitrogen functional groups attached to an aromatic ring is 1. The Morgan fingerprint density at radius 1 is 1.04 bits per heavy atom. The predicted octanol–water partition coefficient (Wildman–Crippen LogP) is 5.88. The summed E-state index contributed by atoms with van der Waals surface area (Å²) in [6.45, 7) is 5.26. The third kappa shape index (κ3) is 9.67. The van der Waals surface area contributed by atoms with Gasteiger partial charge in [0.25, 0.3) is 5.91 Å². The fraction of sp³-hybridized carbons (Fsp3) is 0.345. The molecule has 50 heavy (non-hydrogen) atoms. The molecule has 1 unspecified atom stereocenters. The number of halogens is 8. The van der Waals surface area contributed by atoms with Crippen LogP contribution in [0.3, 0.4) is 0 Å². The summed E-state index contributed by atoms with van der Waals surface area (Å²) in [6, 6.07) is 4.87. The van der Waals surface area contributed by atoms with Gasteiger partial charge in [0.2, 0.25) is 0 Å². The molecular weight excluding hydrogens is 711 g/mol. The number of ether oxygens (including phenoxy) is 1. The number of hydrogen-bond donors (Lipinski definition) is 3. The fourth-order valence-electron chi connectivity index (χ4n) is 4.16. The second kappa shape index (κ2) is 16.4. The number of carboxylic acids is 2. The molecule has 1 atom stereocenters. The van der Waals surface area contributed by atoms with Crippen molar-refractivity contribution in [2.45, 2.75) is 45.8 Å². The van der Waals surface area contributed by atoms with Crippen molar-refractivity contribution in [3.05, 3.63) is 58.3 Å². The zero-order valence-electron chi connectivity index (χ0n) is 26.7. The van der Waals surface area contributed by atoms with Crippen LogP contribution in [0.5, 0.6) is 5.75 Å². The molecular formula is C29H29ClF7N7O6. The number of hydrogen-bond acceptors (Lipinski definition) is 9. The monoisotopic (exact) mass is 739 g/mol. The third-order valence-electron chi connectivity index (χ3n) is 6.49. The Kier molecular flexibility index (Phi) is 13.4. The number of aromatic nitrogens is 5. The molecule has 0 bridgehead atoms. The lowest BCUT2D eigenvalue weighted by Gasteiger charge is -2.23. The molecule has 1 amide bonds. The molecule has 4 rings (SSSR count). The minimum atomic E-state index is -5.08. The van der Waals surface area contributed by atoms with Crippen LogP contribution in [0.15, 0.2) is 30.7 Å². The topological polar surface area (TPSA) is 187 Å². The summed E-state index contributed by atoms with van der Waals surface area (Å²) < 4.78 is 85.0. The number of anilines is 1. The molecule has 0 aliphatic rings. The standard InChI is InChI=1S/C25H27ClFN7O2.2C2HF3O2/c1-6-36-22-16(14(3)34-24-21(19(10-27)32-34)23(28)30-12-31-24)9-17(26)13(2)20(22)15-7-8-18(29-11-15)25(35)33(4)5;2*3-2(4,5)1(6)7/h7-9,11-12,14H,6,10H2,1-5H3,(H2,28,30,31);2*(H,6,7). The van der Waals surface area contributed by atoms with E-state index in [0.29, 0.717) is 34.1 Å². The lowest BCUT2D eigenvalue weighted by molar-refractivity contribution is -0.193. The molecule has 0 spiro atoms. The number of fused-ring (bicyclic) bond motifs is 1. The van der Waals surface area contributed by atoms with Crippen molar-refractivity contribution in [3.63, 3.8) is 0 Å². The van der Waals surface area contributed by atoms with Crippen molar-refractivity contribution >= 4 is 46.3 Å². The number of nitrogens with two attached hydrogens (primary N) is 1. The second-order valence-corrected chi connectivity index (χ2v) is 10.5. The SMILES string of the molecule is CCOc1c(C(C)n2nc(CF)c3c(N)ncnc32)cc(Cl)c(C)c1-c1ccc(C(=O)N(C)C)nc1.O=C(O)C(F)(F)F.O=C(O)C(F)(F)F. The Balaban J connectivity index is 0.000000521. The van der Waals surface area contributed by atoms with Crippen molar-refractivity contribution in [1.29, 1.82) is 0 Å². The van der Waals surface area contributed by atoms with Crippen molar-refractivity contribution in [3.8, 4) is 16.9 Å². The number of benzene rings is 1. The molecule has 0 aliphatic heterocycles. The summed E-state index contributed by atoms with van der Waals surface area (Å²) in [5.74, 6) is -4.95. The lowest BCUT2D eigenvalue weighted by atomic mass is 9.94. The largest absolute Gasteiger partial charge is 0.493 e. The number of carbonyl (C=O) groups is 3. The number of carbonyl (C=O) groups excluding carboxylic acids is 1. The summed E-state index contributed by atoms with van der Waals surface area (Å²) in [7, 11) is 3.34. The first kappa shape index (κ1) is 40.9. The van der Waals surface area contributed by atoms with E-state index in [2.05, 4.69) is 20.1 Å². The highest BCUT2D eigenvalue weighted by molar-refractivity contribution is 6.32. The summed E-state index contributed by atoms with van der Waals surface area (Å²) in [6.07, 6.45) is -7.21. The first-order valence-electron chi connectivity index (χ1n) is 13.9. The van der Waals surface area contributed by atoms with Gasteiger partial charge >= 0.3 is 24.3 Å². The fourth-order valence-corrected chi connectivity index (χ4v) is 4.37. The molecule has 1 aromatic carbocycles. The molecule has 21 heteroatoms. The van der Waals surface area contributed by atoms with E-state index in [1.807, 2.05) is 32.9 Å². The van der Waals surface area contributed by atoms with E-state index in [-0.39, 0.29) is 17.4 Å². The zero-order chi connectivity index (χ0) is 38.3. The molecule has 3 aromatic heterocycles. The molecule has 13 nitrogen and oxygen atoms in total. The Bertz CT molecular complexity index is 1830. The maximum absolute atomic E-state index is 13.8. The Hall–Kier alpha value is -5.27. The van der Waals surface area contributed by atoms with Gasteiger partial charge in [-0.25, -0.2) is 28.6 Å². The highest BCUT2D eigenvalue weighted by atomic mass is 35.5. The maximum atomic E-state index is 13.8.